The van der Waals surface area contributed by atoms with Crippen LogP contribution in [0.5, 0.6) is 0 Å². The van der Waals surface area contributed by atoms with E-state index in [-0.39, 0.29) is 10.9 Å². The Hall–Kier alpha value is -2.26. The van der Waals surface area contributed by atoms with E-state index in [1.165, 1.54) is 17.4 Å². The lowest BCUT2D eigenvalue weighted by Crippen LogP contribution is -2.23. The molecule has 2 aromatic heterocycles. The molecule has 1 atom stereocenters. The molecule has 0 fully saturated rings. The Labute approximate surface area is 144 Å². The first-order valence-corrected chi connectivity index (χ1v) is 8.59. The molecule has 0 aliphatic carbocycles. The molecule has 24 heavy (non-hydrogen) atoms. The van der Waals surface area contributed by atoms with Crippen LogP contribution in [0.3, 0.4) is 0 Å². The number of amides is 1. The van der Waals surface area contributed by atoms with Crippen molar-refractivity contribution in [1.82, 2.24) is 10.2 Å². The maximum Gasteiger partial charge on any atom is 0.277 e. The van der Waals surface area contributed by atoms with E-state index < -0.39 is 22.8 Å². The van der Waals surface area contributed by atoms with E-state index in [9.17, 15) is 13.6 Å². The third-order valence-electron chi connectivity index (χ3n) is 2.97. The number of hydrogen-bond acceptors (Lipinski definition) is 6. The van der Waals surface area contributed by atoms with E-state index in [2.05, 4.69) is 15.5 Å². The maximum atomic E-state index is 13.6. The van der Waals surface area contributed by atoms with Crippen molar-refractivity contribution < 1.29 is 18.0 Å². The third-order valence-corrected chi connectivity index (χ3v) is 4.77. The van der Waals surface area contributed by atoms with Gasteiger partial charge in [0, 0.05) is 6.07 Å². The van der Waals surface area contributed by atoms with Gasteiger partial charge < -0.3 is 9.73 Å². The van der Waals surface area contributed by atoms with Gasteiger partial charge in [-0.3, -0.25) is 4.79 Å². The van der Waals surface area contributed by atoms with E-state index in [1.54, 1.807) is 6.92 Å². The summed E-state index contributed by atoms with van der Waals surface area (Å²) in [6, 6.07) is 6.66. The number of carbonyl (C=O) groups is 1. The molecule has 5 nitrogen and oxygen atoms in total. The number of nitrogens with zero attached hydrogens (tertiary/aromatic N) is 2. The number of aromatic nitrogens is 2. The highest BCUT2D eigenvalue weighted by molar-refractivity contribution is 8.00. The first-order valence-electron chi connectivity index (χ1n) is 6.83. The summed E-state index contributed by atoms with van der Waals surface area (Å²) in [6.45, 7) is 1.62. The van der Waals surface area contributed by atoms with E-state index >= 15 is 0 Å². The normalized spacial score (nSPS) is 12.1. The van der Waals surface area contributed by atoms with Crippen molar-refractivity contribution in [2.45, 2.75) is 17.4 Å². The number of thioether (sulfide) groups is 1. The van der Waals surface area contributed by atoms with Crippen molar-refractivity contribution in [2.24, 2.45) is 0 Å². The van der Waals surface area contributed by atoms with Crippen LogP contribution in [0, 0.1) is 11.6 Å². The first-order chi connectivity index (χ1) is 11.5. The van der Waals surface area contributed by atoms with Crippen LogP contribution in [-0.4, -0.2) is 21.4 Å². The Balaban J connectivity index is 1.64. The molecular weight excluding hydrogens is 356 g/mol. The van der Waals surface area contributed by atoms with Gasteiger partial charge in [-0.05, 0) is 30.5 Å². The third kappa shape index (κ3) is 3.80. The minimum Gasteiger partial charge on any atom is -0.410 e. The van der Waals surface area contributed by atoms with Crippen LogP contribution in [-0.2, 0) is 4.79 Å². The second-order valence-corrected chi connectivity index (χ2v) is 6.96. The molecule has 0 radical (unpaired) electrons. The van der Waals surface area contributed by atoms with Gasteiger partial charge in [-0.2, -0.15) is 0 Å². The summed E-state index contributed by atoms with van der Waals surface area (Å²) >= 11 is 2.52. The smallest absolute Gasteiger partial charge is 0.277 e. The summed E-state index contributed by atoms with van der Waals surface area (Å²) in [4.78, 5) is 12.9. The molecule has 0 spiro atoms. The number of benzene rings is 1. The number of halogens is 2. The fraction of sp³-hybridized carbons (Fsp3) is 0.133. The van der Waals surface area contributed by atoms with Gasteiger partial charge in [0.05, 0.1) is 15.8 Å². The zero-order valence-electron chi connectivity index (χ0n) is 12.3. The summed E-state index contributed by atoms with van der Waals surface area (Å²) in [5.74, 6) is -1.62. The van der Waals surface area contributed by atoms with Gasteiger partial charge >= 0.3 is 0 Å². The molecule has 1 aromatic carbocycles. The van der Waals surface area contributed by atoms with Crippen LogP contribution >= 0.6 is 23.1 Å². The van der Waals surface area contributed by atoms with E-state index in [0.717, 1.165) is 22.7 Å². The molecule has 124 valence electrons. The van der Waals surface area contributed by atoms with Gasteiger partial charge in [0.15, 0.2) is 0 Å². The lowest BCUT2D eigenvalue weighted by molar-refractivity contribution is -0.115. The van der Waals surface area contributed by atoms with Crippen LogP contribution in [0.4, 0.5) is 14.5 Å². The van der Waals surface area contributed by atoms with Crippen LogP contribution in [0.25, 0.3) is 10.8 Å². The van der Waals surface area contributed by atoms with Gasteiger partial charge in [0.2, 0.25) is 5.91 Å². The highest BCUT2D eigenvalue weighted by Crippen LogP contribution is 2.29. The molecule has 0 saturated heterocycles. The minimum atomic E-state index is -0.835. The average Bonchev–Trinajstić information content (AvgIpc) is 3.20. The van der Waals surface area contributed by atoms with E-state index in [1.807, 2.05) is 17.5 Å². The van der Waals surface area contributed by atoms with Gasteiger partial charge in [-0.1, -0.05) is 17.8 Å². The number of carbonyl (C=O) groups excluding carboxylic acids is 1. The Morgan fingerprint density at radius 3 is 2.88 bits per heavy atom. The lowest BCUT2D eigenvalue weighted by atomic mass is 10.3. The summed E-state index contributed by atoms with van der Waals surface area (Å²) in [6.07, 6.45) is 0. The Morgan fingerprint density at radius 2 is 2.17 bits per heavy atom. The van der Waals surface area contributed by atoms with Crippen LogP contribution in [0.1, 0.15) is 6.92 Å². The van der Waals surface area contributed by atoms with Crippen molar-refractivity contribution in [3.63, 3.8) is 0 Å². The fourth-order valence-electron chi connectivity index (χ4n) is 1.79. The quantitative estimate of drug-likeness (QED) is 0.685. The van der Waals surface area contributed by atoms with Crippen molar-refractivity contribution >= 4 is 34.7 Å². The van der Waals surface area contributed by atoms with Crippen molar-refractivity contribution in [2.75, 3.05) is 5.32 Å². The second kappa shape index (κ2) is 7.10. The monoisotopic (exact) mass is 367 g/mol. The van der Waals surface area contributed by atoms with Crippen LogP contribution in [0.2, 0.25) is 0 Å². The number of thiophene rings is 1. The number of nitrogens with one attached hydrogen (secondary N) is 1. The highest BCUT2D eigenvalue weighted by atomic mass is 32.2. The molecule has 3 rings (SSSR count). The predicted molar refractivity (Wildman–Crippen MR) is 87.9 cm³/mol. The SMILES string of the molecule is C[C@@H](Sc1nnc(-c2cccs2)o1)C(=O)Nc1ccc(F)cc1F. The minimum absolute atomic E-state index is 0.0846. The van der Waals surface area contributed by atoms with E-state index in [4.69, 9.17) is 4.42 Å². The second-order valence-electron chi connectivity index (χ2n) is 4.72. The summed E-state index contributed by atoms with van der Waals surface area (Å²) in [5, 5.41) is 11.7. The summed E-state index contributed by atoms with van der Waals surface area (Å²) in [5.41, 5.74) is -0.0846. The number of anilines is 1. The molecule has 3 aromatic rings. The molecule has 9 heteroatoms. The van der Waals surface area contributed by atoms with E-state index in [0.29, 0.717) is 12.0 Å². The largest absolute Gasteiger partial charge is 0.410 e. The molecule has 0 bridgehead atoms. The molecule has 1 amide bonds. The van der Waals surface area contributed by atoms with Gasteiger partial charge in [0.1, 0.15) is 11.6 Å². The van der Waals surface area contributed by atoms with Crippen LogP contribution in [0.15, 0.2) is 45.4 Å². The Bertz CT molecular complexity index is 852. The fourth-order valence-corrected chi connectivity index (χ4v) is 3.11. The van der Waals surface area contributed by atoms with Gasteiger partial charge in [-0.15, -0.1) is 21.5 Å². The highest BCUT2D eigenvalue weighted by Gasteiger charge is 2.20. The zero-order chi connectivity index (χ0) is 17.1. The zero-order valence-corrected chi connectivity index (χ0v) is 14.0. The predicted octanol–water partition coefficient (Wildman–Crippen LogP) is 4.20. The lowest BCUT2D eigenvalue weighted by Gasteiger charge is -2.10. The van der Waals surface area contributed by atoms with Gasteiger partial charge in [-0.25, -0.2) is 8.78 Å². The number of hydrogen-bond donors (Lipinski definition) is 1. The molecule has 2 heterocycles. The number of rotatable bonds is 5. The topological polar surface area (TPSA) is 68.0 Å². The van der Waals surface area contributed by atoms with Gasteiger partial charge in [0.25, 0.3) is 11.1 Å². The molecule has 1 N–H and O–H groups in total. The van der Waals surface area contributed by atoms with Crippen molar-refractivity contribution in [3.8, 4) is 10.8 Å². The molecule has 0 unspecified atom stereocenters. The van der Waals surface area contributed by atoms with Crippen molar-refractivity contribution in [3.05, 3.63) is 47.3 Å². The molecule has 0 saturated carbocycles. The average molecular weight is 367 g/mol. The first kappa shape index (κ1) is 16.6. The molecule has 0 aliphatic rings. The Kier molecular flexibility index (Phi) is 4.91. The maximum absolute atomic E-state index is 13.6. The molecule has 0 aliphatic heterocycles. The summed E-state index contributed by atoms with van der Waals surface area (Å²) in [7, 11) is 0. The Morgan fingerprint density at radius 1 is 1.33 bits per heavy atom. The summed E-state index contributed by atoms with van der Waals surface area (Å²) < 4.78 is 31.9. The standard InChI is InChI=1S/C15H11F2N3O2S2/c1-8(13(21)18-11-5-4-9(16)7-10(11)17)24-15-20-19-14(22-15)12-3-2-6-23-12/h2-8H,1H3,(H,18,21)/t8-/m1/s1. The van der Waals surface area contributed by atoms with Crippen molar-refractivity contribution in [1.29, 1.82) is 0 Å². The molecular formula is C15H11F2N3O2S2. The van der Waals surface area contributed by atoms with Crippen LogP contribution < -0.4 is 5.32 Å².